The Morgan fingerprint density at radius 3 is 2.88 bits per heavy atom. The molecule has 0 aliphatic heterocycles. The molecular weight excluding hydrogens is 273 g/mol. The Kier molecular flexibility index (Phi) is 4.93. The van der Waals surface area contributed by atoms with Gasteiger partial charge in [0, 0.05) is 11.4 Å². The van der Waals surface area contributed by atoms with E-state index in [2.05, 4.69) is 21.2 Å². The lowest BCUT2D eigenvalue weighted by Crippen LogP contribution is -2.26. The smallest absolute Gasteiger partial charge is 0.254 e. The average Bonchev–Trinajstić information content (AvgIpc) is 2.21. The summed E-state index contributed by atoms with van der Waals surface area (Å²) in [5.41, 5.74) is 0.601. The van der Waals surface area contributed by atoms with Crippen molar-refractivity contribution in [1.82, 2.24) is 5.32 Å². The topological polar surface area (TPSA) is 29.1 Å². The van der Waals surface area contributed by atoms with Gasteiger partial charge in [0.1, 0.15) is 5.82 Å². The molecule has 1 unspecified atom stereocenters. The Morgan fingerprint density at radius 2 is 2.25 bits per heavy atom. The zero-order valence-electron chi connectivity index (χ0n) is 9.39. The second-order valence-corrected chi connectivity index (χ2v) is 5.32. The highest BCUT2D eigenvalue weighted by atomic mass is 79.9. The molecule has 1 aromatic rings. The van der Waals surface area contributed by atoms with Crippen LogP contribution < -0.4 is 5.32 Å². The number of alkyl halides is 1. The van der Waals surface area contributed by atoms with Crippen molar-refractivity contribution in [3.8, 4) is 0 Å². The first-order chi connectivity index (χ1) is 7.52. The molecule has 0 heterocycles. The van der Waals surface area contributed by atoms with Gasteiger partial charge >= 0.3 is 0 Å². The minimum atomic E-state index is -0.438. The molecule has 88 valence electrons. The molecule has 0 aliphatic rings. The van der Waals surface area contributed by atoms with Gasteiger partial charge in [-0.1, -0.05) is 35.0 Å². The van der Waals surface area contributed by atoms with E-state index in [9.17, 15) is 9.18 Å². The van der Waals surface area contributed by atoms with Crippen molar-refractivity contribution < 1.29 is 9.18 Å². The molecule has 0 radical (unpaired) electrons. The van der Waals surface area contributed by atoms with Crippen molar-refractivity contribution in [3.63, 3.8) is 0 Å². The largest absolute Gasteiger partial charge is 0.352 e. The lowest BCUT2D eigenvalue weighted by molar-refractivity contribution is 0.0949. The fourth-order valence-corrected chi connectivity index (χ4v) is 1.53. The summed E-state index contributed by atoms with van der Waals surface area (Å²) in [6, 6.07) is 4.82. The number of halogens is 2. The van der Waals surface area contributed by atoms with Crippen molar-refractivity contribution in [2.45, 2.75) is 25.1 Å². The lowest BCUT2D eigenvalue weighted by atomic mass is 10.1. The molecule has 16 heavy (non-hydrogen) atoms. The summed E-state index contributed by atoms with van der Waals surface area (Å²) in [5, 5.41) is 2.69. The summed E-state index contributed by atoms with van der Waals surface area (Å²) < 4.78 is 13.6. The molecule has 2 nitrogen and oxygen atoms in total. The van der Waals surface area contributed by atoms with Crippen LogP contribution in [0.4, 0.5) is 4.39 Å². The maximum absolute atomic E-state index is 13.6. The average molecular weight is 288 g/mol. The van der Waals surface area contributed by atoms with Crippen LogP contribution in [-0.2, 0) is 0 Å². The zero-order chi connectivity index (χ0) is 12.1. The van der Waals surface area contributed by atoms with Gasteiger partial charge in [-0.05, 0) is 25.0 Å². The standard InChI is InChI=1S/C12H15BrFNO/c1-8-4-3-5-10(11(8)14)12(16)15-7-6-9(2)13/h3-5,9H,6-7H2,1-2H3,(H,15,16). The first kappa shape index (κ1) is 13.2. The number of aryl methyl sites for hydroxylation is 1. The molecule has 0 saturated heterocycles. The van der Waals surface area contributed by atoms with E-state index in [1.807, 2.05) is 6.92 Å². The summed E-state index contributed by atoms with van der Waals surface area (Å²) >= 11 is 3.38. The summed E-state index contributed by atoms with van der Waals surface area (Å²) in [7, 11) is 0. The molecular formula is C12H15BrFNO. The van der Waals surface area contributed by atoms with Crippen molar-refractivity contribution in [3.05, 3.63) is 35.1 Å². The summed E-state index contributed by atoms with van der Waals surface area (Å²) in [5.74, 6) is -0.791. The Balaban J connectivity index is 2.63. The predicted molar refractivity (Wildman–Crippen MR) is 66.5 cm³/mol. The molecule has 0 aromatic heterocycles. The molecule has 0 bridgehead atoms. The molecule has 4 heteroatoms. The number of carbonyl (C=O) groups is 1. The SMILES string of the molecule is Cc1cccc(C(=O)NCCC(C)Br)c1F. The van der Waals surface area contributed by atoms with E-state index in [-0.39, 0.29) is 11.5 Å². The third-order valence-electron chi connectivity index (χ3n) is 2.26. The number of hydrogen-bond acceptors (Lipinski definition) is 1. The van der Waals surface area contributed by atoms with Crippen LogP contribution in [0, 0.1) is 12.7 Å². The minimum Gasteiger partial charge on any atom is -0.352 e. The molecule has 1 rings (SSSR count). The van der Waals surface area contributed by atoms with Crippen LogP contribution in [0.5, 0.6) is 0 Å². The molecule has 0 spiro atoms. The fraction of sp³-hybridized carbons (Fsp3) is 0.417. The van der Waals surface area contributed by atoms with Crippen LogP contribution in [0.2, 0.25) is 0 Å². The maximum Gasteiger partial charge on any atom is 0.254 e. The quantitative estimate of drug-likeness (QED) is 0.848. The van der Waals surface area contributed by atoms with Crippen LogP contribution in [0.15, 0.2) is 18.2 Å². The van der Waals surface area contributed by atoms with Crippen LogP contribution in [0.25, 0.3) is 0 Å². The molecule has 0 fully saturated rings. The predicted octanol–water partition coefficient (Wildman–Crippen LogP) is 3.04. The van der Waals surface area contributed by atoms with Gasteiger partial charge in [-0.3, -0.25) is 4.79 Å². The fourth-order valence-electron chi connectivity index (χ4n) is 1.30. The molecule has 1 amide bonds. The summed E-state index contributed by atoms with van der Waals surface area (Å²) in [6.45, 7) is 4.19. The number of benzene rings is 1. The Labute approximate surface area is 103 Å². The Morgan fingerprint density at radius 1 is 1.56 bits per heavy atom. The molecule has 1 N–H and O–H groups in total. The van der Waals surface area contributed by atoms with E-state index in [1.54, 1.807) is 19.1 Å². The van der Waals surface area contributed by atoms with Crippen LogP contribution in [-0.4, -0.2) is 17.3 Å². The van der Waals surface area contributed by atoms with Gasteiger partial charge in [-0.15, -0.1) is 0 Å². The maximum atomic E-state index is 13.6. The number of nitrogens with one attached hydrogen (secondary N) is 1. The van der Waals surface area contributed by atoms with Gasteiger partial charge in [0.25, 0.3) is 5.91 Å². The van der Waals surface area contributed by atoms with Gasteiger partial charge < -0.3 is 5.32 Å². The van der Waals surface area contributed by atoms with Crippen LogP contribution in [0.3, 0.4) is 0 Å². The van der Waals surface area contributed by atoms with Gasteiger partial charge in [0.15, 0.2) is 0 Å². The number of amides is 1. The van der Waals surface area contributed by atoms with Crippen molar-refractivity contribution in [2.75, 3.05) is 6.54 Å². The normalized spacial score (nSPS) is 12.2. The van der Waals surface area contributed by atoms with E-state index in [1.165, 1.54) is 6.07 Å². The highest BCUT2D eigenvalue weighted by molar-refractivity contribution is 9.09. The third kappa shape index (κ3) is 3.59. The van der Waals surface area contributed by atoms with E-state index in [0.717, 1.165) is 6.42 Å². The second kappa shape index (κ2) is 5.99. The van der Waals surface area contributed by atoms with Gasteiger partial charge in [0.05, 0.1) is 5.56 Å². The van der Waals surface area contributed by atoms with Gasteiger partial charge in [-0.2, -0.15) is 0 Å². The number of rotatable bonds is 4. The molecule has 0 aliphatic carbocycles. The van der Waals surface area contributed by atoms with Crippen molar-refractivity contribution in [1.29, 1.82) is 0 Å². The monoisotopic (exact) mass is 287 g/mol. The van der Waals surface area contributed by atoms with Crippen molar-refractivity contribution in [2.24, 2.45) is 0 Å². The van der Waals surface area contributed by atoms with Gasteiger partial charge in [-0.25, -0.2) is 4.39 Å². The highest BCUT2D eigenvalue weighted by Crippen LogP contribution is 2.11. The Hall–Kier alpha value is -0.900. The number of carbonyl (C=O) groups excluding carboxylic acids is 1. The Bertz CT molecular complexity index is 379. The third-order valence-corrected chi connectivity index (χ3v) is 2.72. The first-order valence-electron chi connectivity index (χ1n) is 5.19. The van der Waals surface area contributed by atoms with Crippen LogP contribution >= 0.6 is 15.9 Å². The van der Waals surface area contributed by atoms with Crippen molar-refractivity contribution >= 4 is 21.8 Å². The second-order valence-electron chi connectivity index (χ2n) is 3.76. The lowest BCUT2D eigenvalue weighted by Gasteiger charge is -2.08. The van der Waals surface area contributed by atoms with Gasteiger partial charge in [0.2, 0.25) is 0 Å². The van der Waals surface area contributed by atoms with E-state index < -0.39 is 5.82 Å². The van der Waals surface area contributed by atoms with Crippen LogP contribution in [0.1, 0.15) is 29.3 Å². The molecule has 0 saturated carbocycles. The molecule has 1 atom stereocenters. The van der Waals surface area contributed by atoms with E-state index in [0.29, 0.717) is 16.9 Å². The summed E-state index contributed by atoms with van der Waals surface area (Å²) in [4.78, 5) is 12.0. The zero-order valence-corrected chi connectivity index (χ0v) is 11.0. The number of hydrogen-bond donors (Lipinski definition) is 1. The highest BCUT2D eigenvalue weighted by Gasteiger charge is 2.12. The first-order valence-corrected chi connectivity index (χ1v) is 6.11. The van der Waals surface area contributed by atoms with E-state index in [4.69, 9.17) is 0 Å². The van der Waals surface area contributed by atoms with E-state index >= 15 is 0 Å². The minimum absolute atomic E-state index is 0.113. The molecule has 1 aromatic carbocycles. The summed E-state index contributed by atoms with van der Waals surface area (Å²) in [6.07, 6.45) is 0.819.